The van der Waals surface area contributed by atoms with E-state index < -0.39 is 38.7 Å². The van der Waals surface area contributed by atoms with Crippen LogP contribution in [0.25, 0.3) is 11.1 Å². The van der Waals surface area contributed by atoms with Crippen LogP contribution in [-0.4, -0.2) is 53.1 Å². The van der Waals surface area contributed by atoms with Crippen LogP contribution in [0.4, 0.5) is 0 Å². The summed E-state index contributed by atoms with van der Waals surface area (Å²) in [6, 6.07) is 14.4. The number of aliphatic carboxylic acids is 1. The molecule has 1 saturated heterocycles. The molecule has 0 saturated carbocycles. The number of hydrogen-bond donors (Lipinski definition) is 2. The highest BCUT2D eigenvalue weighted by molar-refractivity contribution is 7.90. The summed E-state index contributed by atoms with van der Waals surface area (Å²) in [5, 5.41) is 21.5. The minimum atomic E-state index is -3.72. The van der Waals surface area contributed by atoms with Gasteiger partial charge in [0.05, 0.1) is 16.4 Å². The number of hydrogen-bond acceptors (Lipinski definition) is 5. The van der Waals surface area contributed by atoms with Gasteiger partial charge in [-0.3, -0.25) is 4.79 Å². The summed E-state index contributed by atoms with van der Waals surface area (Å²) in [5.41, 5.74) is 2.83. The molecular weight excluding hydrogens is 454 g/mol. The lowest BCUT2D eigenvalue weighted by Gasteiger charge is -2.31. The van der Waals surface area contributed by atoms with Gasteiger partial charge in [0.15, 0.2) is 0 Å². The zero-order chi connectivity index (χ0) is 25.1. The highest BCUT2D eigenvalue weighted by Gasteiger charge is 2.44. The van der Waals surface area contributed by atoms with Crippen LogP contribution in [0.1, 0.15) is 44.7 Å². The lowest BCUT2D eigenvalue weighted by molar-refractivity contribution is -0.142. The molecule has 2 atom stereocenters. The van der Waals surface area contributed by atoms with Crippen molar-refractivity contribution in [3.63, 3.8) is 0 Å². The van der Waals surface area contributed by atoms with Gasteiger partial charge in [-0.2, -0.15) is 9.57 Å². The van der Waals surface area contributed by atoms with Gasteiger partial charge in [-0.05, 0) is 56.4 Å². The monoisotopic (exact) mass is 483 g/mol. The molecule has 2 aromatic carbocycles. The van der Waals surface area contributed by atoms with Crippen LogP contribution < -0.4 is 5.32 Å². The molecule has 9 heteroatoms. The molecule has 0 aromatic heterocycles. The molecule has 1 aliphatic rings. The Bertz CT molecular complexity index is 1210. The highest BCUT2D eigenvalue weighted by atomic mass is 32.2. The second-order valence-corrected chi connectivity index (χ2v) is 12.0. The van der Waals surface area contributed by atoms with E-state index in [2.05, 4.69) is 11.4 Å². The fourth-order valence-corrected chi connectivity index (χ4v) is 5.61. The quantitative estimate of drug-likeness (QED) is 0.623. The van der Waals surface area contributed by atoms with Crippen molar-refractivity contribution in [3.05, 3.63) is 59.7 Å². The Morgan fingerprint density at radius 1 is 1.18 bits per heavy atom. The van der Waals surface area contributed by atoms with E-state index in [0.717, 1.165) is 11.1 Å². The van der Waals surface area contributed by atoms with Gasteiger partial charge in [0.2, 0.25) is 15.9 Å². The Morgan fingerprint density at radius 3 is 2.41 bits per heavy atom. The first-order valence-electron chi connectivity index (χ1n) is 11.1. The van der Waals surface area contributed by atoms with Crippen LogP contribution in [0.5, 0.6) is 0 Å². The number of rotatable bonds is 7. The van der Waals surface area contributed by atoms with Crippen LogP contribution in [-0.2, 0) is 26.0 Å². The predicted molar refractivity (Wildman–Crippen MR) is 128 cm³/mol. The summed E-state index contributed by atoms with van der Waals surface area (Å²) in [6.45, 7) is 4.97. The third kappa shape index (κ3) is 5.29. The maximum atomic E-state index is 12.9. The number of nitrogens with zero attached hydrogens (tertiary/aromatic N) is 2. The van der Waals surface area contributed by atoms with Crippen molar-refractivity contribution in [2.75, 3.05) is 6.54 Å². The largest absolute Gasteiger partial charge is 0.480 e. The van der Waals surface area contributed by atoms with Gasteiger partial charge in [0, 0.05) is 13.0 Å². The Labute approximate surface area is 200 Å². The lowest BCUT2D eigenvalue weighted by Crippen LogP contribution is -2.54. The van der Waals surface area contributed by atoms with Crippen LogP contribution in [0, 0.1) is 11.3 Å². The summed E-state index contributed by atoms with van der Waals surface area (Å²) >= 11 is 0. The van der Waals surface area contributed by atoms with Gasteiger partial charge in [-0.15, -0.1) is 0 Å². The number of sulfonamides is 1. The molecule has 0 spiro atoms. The van der Waals surface area contributed by atoms with Gasteiger partial charge in [-0.25, -0.2) is 13.2 Å². The normalized spacial score (nSPS) is 17.6. The minimum Gasteiger partial charge on any atom is -0.480 e. The van der Waals surface area contributed by atoms with Crippen molar-refractivity contribution in [2.45, 2.75) is 56.9 Å². The Kier molecular flexibility index (Phi) is 7.44. The number of amides is 1. The zero-order valence-corrected chi connectivity index (χ0v) is 20.3. The maximum absolute atomic E-state index is 12.9. The van der Waals surface area contributed by atoms with Gasteiger partial charge in [0.1, 0.15) is 12.1 Å². The topological polar surface area (TPSA) is 128 Å². The molecule has 34 heavy (non-hydrogen) atoms. The van der Waals surface area contributed by atoms with Crippen LogP contribution in [0.3, 0.4) is 0 Å². The fraction of sp³-hybridized carbons (Fsp3) is 0.400. The van der Waals surface area contributed by atoms with Crippen LogP contribution in [0.2, 0.25) is 0 Å². The van der Waals surface area contributed by atoms with Crippen molar-refractivity contribution in [3.8, 4) is 17.2 Å². The molecule has 8 nitrogen and oxygen atoms in total. The average Bonchev–Trinajstić information content (AvgIpc) is 3.29. The summed E-state index contributed by atoms with van der Waals surface area (Å²) in [6.07, 6.45) is 0.928. The minimum absolute atomic E-state index is 0.0417. The molecule has 0 radical (unpaired) electrons. The summed E-state index contributed by atoms with van der Waals surface area (Å²) < 4.78 is 25.9. The van der Waals surface area contributed by atoms with E-state index in [1.54, 1.807) is 57.2 Å². The van der Waals surface area contributed by atoms with Gasteiger partial charge >= 0.3 is 5.97 Å². The molecule has 180 valence electrons. The first-order valence-corrected chi connectivity index (χ1v) is 12.5. The molecule has 3 rings (SSSR count). The Morgan fingerprint density at radius 2 is 1.82 bits per heavy atom. The number of carboxylic acid groups (broad SMARTS) is 1. The van der Waals surface area contributed by atoms with Gasteiger partial charge < -0.3 is 10.4 Å². The number of carbonyl (C=O) groups is 2. The van der Waals surface area contributed by atoms with E-state index in [1.165, 1.54) is 4.31 Å². The summed E-state index contributed by atoms with van der Waals surface area (Å²) in [4.78, 5) is 24.8. The number of nitrogens with one attached hydrogen (secondary N) is 1. The van der Waals surface area contributed by atoms with Crippen molar-refractivity contribution in [1.82, 2.24) is 9.62 Å². The molecule has 0 aliphatic carbocycles. The highest BCUT2D eigenvalue weighted by Crippen LogP contribution is 2.29. The first-order chi connectivity index (χ1) is 16.0. The number of carbonyl (C=O) groups excluding carboxylic acids is 1. The smallest absolute Gasteiger partial charge is 0.326 e. The third-order valence-electron chi connectivity index (χ3n) is 5.96. The molecule has 0 unspecified atom stereocenters. The molecule has 1 heterocycles. The van der Waals surface area contributed by atoms with Crippen molar-refractivity contribution in [1.29, 1.82) is 5.26 Å². The molecular formula is C25H29N3O5S. The van der Waals surface area contributed by atoms with Crippen LogP contribution in [0.15, 0.2) is 48.5 Å². The fourth-order valence-electron chi connectivity index (χ4n) is 4.00. The van der Waals surface area contributed by atoms with E-state index in [1.807, 2.05) is 12.1 Å². The Balaban J connectivity index is 1.74. The van der Waals surface area contributed by atoms with Crippen molar-refractivity contribution < 1.29 is 23.1 Å². The maximum Gasteiger partial charge on any atom is 0.326 e. The first kappa shape index (κ1) is 25.4. The zero-order valence-electron chi connectivity index (χ0n) is 19.5. The van der Waals surface area contributed by atoms with Gasteiger partial charge in [-0.1, -0.05) is 42.5 Å². The number of nitriles is 1. The average molecular weight is 484 g/mol. The van der Waals surface area contributed by atoms with Crippen molar-refractivity contribution >= 4 is 21.9 Å². The van der Waals surface area contributed by atoms with Crippen molar-refractivity contribution in [2.24, 2.45) is 0 Å². The van der Waals surface area contributed by atoms with E-state index >= 15 is 0 Å². The number of carboxylic acids is 1. The second-order valence-electron chi connectivity index (χ2n) is 9.34. The SMILES string of the molecule is CC(C)(C)S(=O)(=O)N1CCC[C@H]1C(=O)N[C@@H](Cc1ccc(-c2ccccc2C#N)cc1)C(=O)O. The molecule has 1 aliphatic heterocycles. The second kappa shape index (κ2) is 9.95. The summed E-state index contributed by atoms with van der Waals surface area (Å²) in [5.74, 6) is -1.80. The standard InChI is InChI=1S/C25H29N3O5S/c1-25(2,3)34(32,33)28-14-6-9-22(28)23(29)27-21(24(30)31)15-17-10-12-18(13-11-17)20-8-5-4-7-19(20)16-26/h4-5,7-8,10-13,21-22H,6,9,14-15H2,1-3H3,(H,27,29)(H,30,31)/t21-,22-/m0/s1. The summed E-state index contributed by atoms with van der Waals surface area (Å²) in [7, 11) is -3.72. The van der Waals surface area contributed by atoms with E-state index in [9.17, 15) is 28.4 Å². The molecule has 2 aromatic rings. The predicted octanol–water partition coefficient (Wildman–Crippen LogP) is 2.93. The molecule has 0 bridgehead atoms. The van der Waals surface area contributed by atoms with Crippen LogP contribution >= 0.6 is 0 Å². The lowest BCUT2D eigenvalue weighted by atomic mass is 9.97. The van der Waals surface area contributed by atoms with Gasteiger partial charge in [0.25, 0.3) is 0 Å². The number of benzene rings is 2. The van der Waals surface area contributed by atoms with E-state index in [-0.39, 0.29) is 13.0 Å². The van der Waals surface area contributed by atoms with E-state index in [4.69, 9.17) is 0 Å². The molecule has 2 N–H and O–H groups in total. The van der Waals surface area contributed by atoms with E-state index in [0.29, 0.717) is 24.0 Å². The molecule has 1 fully saturated rings. The Hall–Kier alpha value is -3.22. The third-order valence-corrected chi connectivity index (χ3v) is 8.56. The molecule has 1 amide bonds.